The van der Waals surface area contributed by atoms with Gasteiger partial charge in [-0.2, -0.15) is 0 Å². The van der Waals surface area contributed by atoms with Gasteiger partial charge in [0, 0.05) is 13.7 Å². The summed E-state index contributed by atoms with van der Waals surface area (Å²) in [6.07, 6.45) is 5.26. The number of amides is 1. The van der Waals surface area contributed by atoms with Crippen LogP contribution in [0.3, 0.4) is 0 Å². The van der Waals surface area contributed by atoms with E-state index in [0.29, 0.717) is 13.2 Å². The number of methoxy groups -OCH3 is 1. The molecule has 0 aromatic rings. The van der Waals surface area contributed by atoms with E-state index in [-0.39, 0.29) is 11.9 Å². The smallest absolute Gasteiger partial charge is 0.236 e. The molecule has 0 heterocycles. The van der Waals surface area contributed by atoms with Gasteiger partial charge in [0.1, 0.15) is 0 Å². The molecule has 1 rings (SSSR count). The van der Waals surface area contributed by atoms with Gasteiger partial charge in [-0.15, -0.1) is 0 Å². The largest absolute Gasteiger partial charge is 0.383 e. The van der Waals surface area contributed by atoms with Crippen molar-refractivity contribution in [3.05, 3.63) is 0 Å². The van der Waals surface area contributed by atoms with E-state index in [0.717, 1.165) is 18.4 Å². The summed E-state index contributed by atoms with van der Waals surface area (Å²) >= 11 is 0. The van der Waals surface area contributed by atoms with Crippen LogP contribution in [0.25, 0.3) is 0 Å². The summed E-state index contributed by atoms with van der Waals surface area (Å²) in [5, 5.41) is 6.19. The number of carbonyl (C=O) groups excluding carboxylic acids is 1. The third-order valence-corrected chi connectivity index (χ3v) is 3.85. The summed E-state index contributed by atoms with van der Waals surface area (Å²) in [5.41, 5.74) is 0. The summed E-state index contributed by atoms with van der Waals surface area (Å²) in [6.45, 7) is 6.37. The molecule has 1 aliphatic carbocycles. The zero-order valence-corrected chi connectivity index (χ0v) is 12.0. The maximum atomic E-state index is 11.7. The van der Waals surface area contributed by atoms with Gasteiger partial charge < -0.3 is 15.4 Å². The van der Waals surface area contributed by atoms with Crippen LogP contribution in [-0.4, -0.2) is 38.8 Å². The van der Waals surface area contributed by atoms with Gasteiger partial charge in [-0.1, -0.05) is 19.8 Å². The Labute approximate surface area is 111 Å². The Bertz CT molecular complexity index is 238. The summed E-state index contributed by atoms with van der Waals surface area (Å²) in [6, 6.07) is -0.110. The fourth-order valence-electron chi connectivity index (χ4n) is 2.40. The predicted octanol–water partition coefficient (Wildman–Crippen LogP) is 1.55. The van der Waals surface area contributed by atoms with Crippen molar-refractivity contribution in [2.45, 2.75) is 45.6 Å². The first kappa shape index (κ1) is 15.4. The van der Waals surface area contributed by atoms with Gasteiger partial charge >= 0.3 is 0 Å². The molecular weight excluding hydrogens is 228 g/mol. The molecular formula is C14H28N2O2. The Hall–Kier alpha value is -0.610. The quantitative estimate of drug-likeness (QED) is 0.680. The maximum absolute atomic E-state index is 11.7. The summed E-state index contributed by atoms with van der Waals surface area (Å²) in [7, 11) is 1.64. The SMILES string of the molecule is COCCNC(=O)C(C)NCC1CCC(C)CC1. The van der Waals surface area contributed by atoms with E-state index in [1.54, 1.807) is 7.11 Å². The molecule has 0 aromatic heterocycles. The molecule has 0 aromatic carbocycles. The van der Waals surface area contributed by atoms with Crippen molar-refractivity contribution < 1.29 is 9.53 Å². The number of carbonyl (C=O) groups is 1. The van der Waals surface area contributed by atoms with Crippen LogP contribution in [0.4, 0.5) is 0 Å². The molecule has 18 heavy (non-hydrogen) atoms. The van der Waals surface area contributed by atoms with Crippen LogP contribution in [-0.2, 0) is 9.53 Å². The van der Waals surface area contributed by atoms with Gasteiger partial charge in [-0.05, 0) is 38.1 Å². The molecule has 106 valence electrons. The molecule has 1 fully saturated rings. The number of hydrogen-bond donors (Lipinski definition) is 2. The highest BCUT2D eigenvalue weighted by atomic mass is 16.5. The molecule has 0 radical (unpaired) electrons. The van der Waals surface area contributed by atoms with Crippen LogP contribution in [0.15, 0.2) is 0 Å². The predicted molar refractivity (Wildman–Crippen MR) is 73.5 cm³/mol. The van der Waals surface area contributed by atoms with E-state index in [4.69, 9.17) is 4.74 Å². The first-order valence-electron chi connectivity index (χ1n) is 7.13. The Morgan fingerprint density at radius 1 is 1.33 bits per heavy atom. The third-order valence-electron chi connectivity index (χ3n) is 3.85. The minimum atomic E-state index is -0.110. The van der Waals surface area contributed by atoms with Crippen LogP contribution in [0, 0.1) is 11.8 Å². The van der Waals surface area contributed by atoms with Crippen molar-refractivity contribution in [3.63, 3.8) is 0 Å². The average molecular weight is 256 g/mol. The molecule has 4 nitrogen and oxygen atoms in total. The Morgan fingerprint density at radius 3 is 2.61 bits per heavy atom. The summed E-state index contributed by atoms with van der Waals surface area (Å²) < 4.78 is 4.90. The summed E-state index contributed by atoms with van der Waals surface area (Å²) in [4.78, 5) is 11.7. The monoisotopic (exact) mass is 256 g/mol. The number of rotatable bonds is 7. The van der Waals surface area contributed by atoms with E-state index in [1.165, 1.54) is 25.7 Å². The van der Waals surface area contributed by atoms with E-state index in [1.807, 2.05) is 6.92 Å². The normalized spacial score (nSPS) is 25.7. The lowest BCUT2D eigenvalue weighted by Gasteiger charge is -2.27. The second-order valence-corrected chi connectivity index (χ2v) is 5.54. The molecule has 4 heteroatoms. The van der Waals surface area contributed by atoms with E-state index >= 15 is 0 Å². The lowest BCUT2D eigenvalue weighted by atomic mass is 9.83. The molecule has 2 N–H and O–H groups in total. The minimum absolute atomic E-state index is 0.0660. The number of hydrogen-bond acceptors (Lipinski definition) is 3. The first-order chi connectivity index (χ1) is 8.63. The van der Waals surface area contributed by atoms with Crippen LogP contribution in [0.1, 0.15) is 39.5 Å². The Morgan fingerprint density at radius 2 is 2.00 bits per heavy atom. The van der Waals surface area contributed by atoms with Crippen LogP contribution < -0.4 is 10.6 Å². The molecule has 0 spiro atoms. The van der Waals surface area contributed by atoms with Crippen LogP contribution in [0.2, 0.25) is 0 Å². The fraction of sp³-hybridized carbons (Fsp3) is 0.929. The lowest BCUT2D eigenvalue weighted by molar-refractivity contribution is -0.123. The molecule has 1 aliphatic rings. The van der Waals surface area contributed by atoms with Gasteiger partial charge in [0.25, 0.3) is 0 Å². The molecule has 0 saturated heterocycles. The molecule has 1 amide bonds. The van der Waals surface area contributed by atoms with Crippen molar-refractivity contribution >= 4 is 5.91 Å². The maximum Gasteiger partial charge on any atom is 0.236 e. The van der Waals surface area contributed by atoms with Crippen LogP contribution in [0.5, 0.6) is 0 Å². The van der Waals surface area contributed by atoms with E-state index < -0.39 is 0 Å². The molecule has 0 aliphatic heterocycles. The van der Waals surface area contributed by atoms with Crippen molar-refractivity contribution in [3.8, 4) is 0 Å². The highest BCUT2D eigenvalue weighted by molar-refractivity contribution is 5.81. The fourth-order valence-corrected chi connectivity index (χ4v) is 2.40. The summed E-state index contributed by atoms with van der Waals surface area (Å²) in [5.74, 6) is 1.70. The minimum Gasteiger partial charge on any atom is -0.383 e. The van der Waals surface area contributed by atoms with E-state index in [9.17, 15) is 4.79 Å². The average Bonchev–Trinajstić information content (AvgIpc) is 2.38. The Balaban J connectivity index is 2.12. The lowest BCUT2D eigenvalue weighted by Crippen LogP contribution is -2.44. The standard InChI is InChI=1S/C14H28N2O2/c1-11-4-6-13(7-5-11)10-16-12(2)14(17)15-8-9-18-3/h11-13,16H,4-10H2,1-3H3,(H,15,17). The highest BCUT2D eigenvalue weighted by Gasteiger charge is 2.19. The first-order valence-corrected chi connectivity index (χ1v) is 7.13. The van der Waals surface area contributed by atoms with Gasteiger partial charge in [0.2, 0.25) is 5.91 Å². The second-order valence-electron chi connectivity index (χ2n) is 5.54. The molecule has 1 atom stereocenters. The van der Waals surface area contributed by atoms with Gasteiger partial charge in [-0.3, -0.25) is 4.79 Å². The zero-order valence-electron chi connectivity index (χ0n) is 12.0. The highest BCUT2D eigenvalue weighted by Crippen LogP contribution is 2.27. The van der Waals surface area contributed by atoms with Crippen molar-refractivity contribution in [1.82, 2.24) is 10.6 Å². The van der Waals surface area contributed by atoms with Crippen molar-refractivity contribution in [1.29, 1.82) is 0 Å². The topological polar surface area (TPSA) is 50.4 Å². The second kappa shape index (κ2) is 8.48. The molecule has 1 unspecified atom stereocenters. The van der Waals surface area contributed by atoms with Gasteiger partial charge in [0.15, 0.2) is 0 Å². The zero-order chi connectivity index (χ0) is 13.4. The van der Waals surface area contributed by atoms with E-state index in [2.05, 4.69) is 17.6 Å². The Kier molecular flexibility index (Phi) is 7.28. The van der Waals surface area contributed by atoms with Gasteiger partial charge in [-0.25, -0.2) is 0 Å². The third kappa shape index (κ3) is 5.83. The van der Waals surface area contributed by atoms with Crippen molar-refractivity contribution in [2.75, 3.05) is 26.8 Å². The number of ether oxygens (including phenoxy) is 1. The number of nitrogens with one attached hydrogen (secondary N) is 2. The molecule has 1 saturated carbocycles. The van der Waals surface area contributed by atoms with Gasteiger partial charge in [0.05, 0.1) is 12.6 Å². The van der Waals surface area contributed by atoms with Crippen molar-refractivity contribution in [2.24, 2.45) is 11.8 Å². The molecule has 0 bridgehead atoms. The van der Waals surface area contributed by atoms with Crippen LogP contribution >= 0.6 is 0 Å².